The SMILES string of the molecule is CNC(=O)C1CCN([I-]C)CC1(F)F. The summed E-state index contributed by atoms with van der Waals surface area (Å²) in [7, 11) is 1.40. The van der Waals surface area contributed by atoms with Crippen LogP contribution in [0.25, 0.3) is 0 Å². The Labute approximate surface area is 92.8 Å². The fourth-order valence-corrected chi connectivity index (χ4v) is 3.10. The molecule has 84 valence electrons. The second-order valence-corrected chi connectivity index (χ2v) is 5.56. The van der Waals surface area contributed by atoms with E-state index in [9.17, 15) is 13.6 Å². The van der Waals surface area contributed by atoms with Crippen LogP contribution in [0.2, 0.25) is 0 Å². The standard InChI is InChI=1S/C8H14F2IN2O/c1-11-13-4-3-6(7(14)12-2)8(9,10)5-13/h6H,3-5H2,1-2H3,(H,12,14)/q-1. The Morgan fingerprint density at radius 3 is 2.71 bits per heavy atom. The first-order valence-corrected chi connectivity index (χ1v) is 7.47. The van der Waals surface area contributed by atoms with Gasteiger partial charge in [0, 0.05) is 0 Å². The van der Waals surface area contributed by atoms with Gasteiger partial charge >= 0.3 is 92.7 Å². The van der Waals surface area contributed by atoms with Crippen LogP contribution in [0, 0.1) is 5.92 Å². The van der Waals surface area contributed by atoms with Crippen LogP contribution < -0.4 is 26.8 Å². The molecule has 1 fully saturated rings. The molecule has 1 heterocycles. The van der Waals surface area contributed by atoms with Crippen LogP contribution in [-0.4, -0.2) is 40.0 Å². The second kappa shape index (κ2) is 4.69. The van der Waals surface area contributed by atoms with Gasteiger partial charge in [-0.1, -0.05) is 0 Å². The normalized spacial score (nSPS) is 27.6. The molecule has 1 rings (SSSR count). The molecule has 1 atom stereocenters. The Balaban J connectivity index is 2.67. The molecule has 0 aromatic heterocycles. The van der Waals surface area contributed by atoms with Gasteiger partial charge < -0.3 is 0 Å². The quantitative estimate of drug-likeness (QED) is 0.342. The van der Waals surface area contributed by atoms with E-state index in [1.54, 1.807) is 3.11 Å². The van der Waals surface area contributed by atoms with Crippen molar-refractivity contribution in [2.45, 2.75) is 12.3 Å². The molecule has 0 saturated carbocycles. The van der Waals surface area contributed by atoms with Crippen LogP contribution >= 0.6 is 0 Å². The molecule has 0 radical (unpaired) electrons. The van der Waals surface area contributed by atoms with Crippen LogP contribution in [0.3, 0.4) is 0 Å². The van der Waals surface area contributed by atoms with Crippen molar-refractivity contribution in [3.8, 4) is 0 Å². The van der Waals surface area contributed by atoms with E-state index in [1.165, 1.54) is 7.05 Å². The summed E-state index contributed by atoms with van der Waals surface area (Å²) in [5.41, 5.74) is 0. The van der Waals surface area contributed by atoms with E-state index in [2.05, 4.69) is 5.32 Å². The monoisotopic (exact) mass is 319 g/mol. The fourth-order valence-electron chi connectivity index (χ4n) is 1.54. The van der Waals surface area contributed by atoms with Gasteiger partial charge in [-0.3, -0.25) is 0 Å². The Hall–Kier alpha value is 0.0200. The predicted molar refractivity (Wildman–Crippen MR) is 44.6 cm³/mol. The Bertz CT molecular complexity index is 225. The molecule has 1 aliphatic heterocycles. The number of hydrogen-bond donors (Lipinski definition) is 1. The van der Waals surface area contributed by atoms with Gasteiger partial charge in [0.1, 0.15) is 0 Å². The summed E-state index contributed by atoms with van der Waals surface area (Å²) in [5.74, 6) is -4.54. The number of nitrogens with one attached hydrogen (secondary N) is 1. The van der Waals surface area contributed by atoms with Crippen molar-refractivity contribution in [3.05, 3.63) is 0 Å². The molecule has 6 heteroatoms. The molecular weight excluding hydrogens is 305 g/mol. The van der Waals surface area contributed by atoms with Crippen LogP contribution in [0.1, 0.15) is 6.42 Å². The molecule has 14 heavy (non-hydrogen) atoms. The molecular formula is C8H14F2IN2O-. The van der Waals surface area contributed by atoms with Crippen molar-refractivity contribution in [2.75, 3.05) is 25.1 Å². The van der Waals surface area contributed by atoms with E-state index in [0.717, 1.165) is 0 Å². The van der Waals surface area contributed by atoms with Crippen molar-refractivity contribution in [1.29, 1.82) is 0 Å². The van der Waals surface area contributed by atoms with Gasteiger partial charge in [-0.25, -0.2) is 0 Å². The summed E-state index contributed by atoms with van der Waals surface area (Å²) in [6, 6.07) is 0. The molecule has 0 aromatic carbocycles. The number of rotatable bonds is 2. The molecule has 1 N–H and O–H groups in total. The topological polar surface area (TPSA) is 32.3 Å². The van der Waals surface area contributed by atoms with Gasteiger partial charge in [0.2, 0.25) is 0 Å². The number of carbonyl (C=O) groups is 1. The second-order valence-electron chi connectivity index (χ2n) is 3.23. The van der Waals surface area contributed by atoms with E-state index in [4.69, 9.17) is 0 Å². The number of halogens is 3. The number of piperidine rings is 1. The zero-order valence-corrected chi connectivity index (χ0v) is 10.3. The average Bonchev–Trinajstić information content (AvgIpc) is 2.15. The Kier molecular flexibility index (Phi) is 4.05. The van der Waals surface area contributed by atoms with E-state index < -0.39 is 17.7 Å². The number of amides is 1. The van der Waals surface area contributed by atoms with Crippen LogP contribution in [0.5, 0.6) is 0 Å². The average molecular weight is 319 g/mol. The zero-order valence-electron chi connectivity index (χ0n) is 8.19. The number of nitrogens with zero attached hydrogens (tertiary/aromatic N) is 1. The summed E-state index contributed by atoms with van der Waals surface area (Å²) in [6.07, 6.45) is 0.264. The first-order chi connectivity index (χ1) is 6.51. The number of carbonyl (C=O) groups excluding carboxylic acids is 1. The number of alkyl halides is 3. The van der Waals surface area contributed by atoms with Gasteiger partial charge in [-0.2, -0.15) is 0 Å². The molecule has 0 aliphatic carbocycles. The van der Waals surface area contributed by atoms with Gasteiger partial charge in [-0.05, 0) is 0 Å². The third-order valence-corrected chi connectivity index (χ3v) is 4.54. The molecule has 1 aliphatic rings. The fraction of sp³-hybridized carbons (Fsp3) is 0.875. The molecule has 1 saturated heterocycles. The third kappa shape index (κ3) is 2.53. The van der Waals surface area contributed by atoms with E-state index >= 15 is 0 Å². The van der Waals surface area contributed by atoms with Gasteiger partial charge in [0.25, 0.3) is 0 Å². The first kappa shape index (κ1) is 12.1. The summed E-state index contributed by atoms with van der Waals surface area (Å²) in [5, 5.41) is 2.29. The Morgan fingerprint density at radius 1 is 1.64 bits per heavy atom. The summed E-state index contributed by atoms with van der Waals surface area (Å²) in [4.78, 5) is 13.1. The molecule has 1 amide bonds. The summed E-state index contributed by atoms with van der Waals surface area (Å²) < 4.78 is 28.7. The molecule has 3 nitrogen and oxygen atoms in total. The van der Waals surface area contributed by atoms with Crippen LogP contribution in [0.15, 0.2) is 0 Å². The van der Waals surface area contributed by atoms with Crippen molar-refractivity contribution >= 4 is 5.91 Å². The van der Waals surface area contributed by atoms with Crippen molar-refractivity contribution in [2.24, 2.45) is 5.92 Å². The minimum atomic E-state index is -2.87. The van der Waals surface area contributed by atoms with E-state index in [0.29, 0.717) is 6.54 Å². The molecule has 1 unspecified atom stereocenters. The molecule has 0 spiro atoms. The summed E-state index contributed by atoms with van der Waals surface area (Å²) >= 11 is -0.295. The van der Waals surface area contributed by atoms with Gasteiger partial charge in [-0.15, -0.1) is 0 Å². The van der Waals surface area contributed by atoms with Crippen LogP contribution in [-0.2, 0) is 4.79 Å². The van der Waals surface area contributed by atoms with Crippen molar-refractivity contribution < 1.29 is 35.1 Å². The minimum absolute atomic E-state index is 0.255. The first-order valence-electron chi connectivity index (χ1n) is 4.35. The van der Waals surface area contributed by atoms with Gasteiger partial charge in [0.05, 0.1) is 0 Å². The van der Waals surface area contributed by atoms with Crippen molar-refractivity contribution in [3.63, 3.8) is 0 Å². The molecule has 0 aromatic rings. The van der Waals surface area contributed by atoms with Crippen molar-refractivity contribution in [1.82, 2.24) is 8.43 Å². The zero-order chi connectivity index (χ0) is 10.8. The number of hydrogen-bond acceptors (Lipinski definition) is 2. The van der Waals surface area contributed by atoms with E-state index in [-0.39, 0.29) is 34.4 Å². The summed E-state index contributed by atoms with van der Waals surface area (Å²) in [6.45, 7) is 0.367. The van der Waals surface area contributed by atoms with Gasteiger partial charge in [0.15, 0.2) is 0 Å². The molecule has 0 bridgehead atoms. The van der Waals surface area contributed by atoms with Crippen LogP contribution in [0.4, 0.5) is 8.78 Å². The predicted octanol–water partition coefficient (Wildman–Crippen LogP) is -2.68. The Morgan fingerprint density at radius 2 is 2.29 bits per heavy atom. The third-order valence-electron chi connectivity index (χ3n) is 2.35. The maximum absolute atomic E-state index is 13.5. The van der Waals surface area contributed by atoms with E-state index in [1.807, 2.05) is 4.93 Å². The maximum atomic E-state index is 13.5.